The van der Waals surface area contributed by atoms with Crippen LogP contribution in [-0.4, -0.2) is 29.6 Å². The number of amides is 1. The van der Waals surface area contributed by atoms with Gasteiger partial charge in [0.2, 0.25) is 0 Å². The molecule has 0 saturated heterocycles. The highest BCUT2D eigenvalue weighted by atomic mass is 16.5. The molecule has 0 saturated carbocycles. The van der Waals surface area contributed by atoms with E-state index in [0.29, 0.717) is 17.9 Å². The third-order valence-corrected chi connectivity index (χ3v) is 2.89. The van der Waals surface area contributed by atoms with Crippen molar-refractivity contribution in [3.63, 3.8) is 0 Å². The minimum Gasteiger partial charge on any atom is -0.481 e. The lowest BCUT2D eigenvalue weighted by Crippen LogP contribution is -2.46. The first kappa shape index (κ1) is 12.4. The van der Waals surface area contributed by atoms with Crippen molar-refractivity contribution in [1.82, 2.24) is 0 Å². The molecule has 1 N–H and O–H groups in total. The molecule has 0 spiro atoms. The molecule has 0 fully saturated rings. The number of carbonyl (C=O) groups is 2. The largest absolute Gasteiger partial charge is 0.481 e. The van der Waals surface area contributed by atoms with E-state index in [4.69, 9.17) is 9.84 Å². The molecule has 2 rings (SSSR count). The minimum atomic E-state index is -0.917. The first-order valence-electron chi connectivity index (χ1n) is 5.92. The second-order valence-corrected chi connectivity index (χ2v) is 4.12. The molecule has 1 aromatic carbocycles. The summed E-state index contributed by atoms with van der Waals surface area (Å²) in [6.45, 7) is 2.04. The quantitative estimate of drug-likeness (QED) is 0.881. The first-order chi connectivity index (χ1) is 8.63. The number of carboxylic acid groups (broad SMARTS) is 1. The average molecular weight is 249 g/mol. The Morgan fingerprint density at radius 2 is 2.17 bits per heavy atom. The van der Waals surface area contributed by atoms with Crippen LogP contribution in [0.3, 0.4) is 0 Å². The number of benzene rings is 1. The lowest BCUT2D eigenvalue weighted by Gasteiger charge is -2.33. The van der Waals surface area contributed by atoms with E-state index in [-0.39, 0.29) is 18.9 Å². The molecule has 5 heteroatoms. The van der Waals surface area contributed by atoms with Gasteiger partial charge in [0.1, 0.15) is 5.75 Å². The maximum Gasteiger partial charge on any atom is 0.305 e. The van der Waals surface area contributed by atoms with Crippen LogP contribution in [0.1, 0.15) is 19.8 Å². The number of hydrogen-bond donors (Lipinski definition) is 1. The van der Waals surface area contributed by atoms with Gasteiger partial charge in [0, 0.05) is 6.54 Å². The summed E-state index contributed by atoms with van der Waals surface area (Å²) in [6.07, 6.45) is -0.0264. The van der Waals surface area contributed by atoms with Crippen LogP contribution in [0, 0.1) is 0 Å². The first-order valence-corrected chi connectivity index (χ1v) is 5.92. The molecule has 1 heterocycles. The third kappa shape index (κ3) is 2.30. The second kappa shape index (κ2) is 5.08. The van der Waals surface area contributed by atoms with Crippen LogP contribution in [0.25, 0.3) is 0 Å². The van der Waals surface area contributed by atoms with Crippen LogP contribution >= 0.6 is 0 Å². The Hall–Kier alpha value is -2.04. The van der Waals surface area contributed by atoms with E-state index >= 15 is 0 Å². The molecule has 1 aliphatic rings. The molecule has 1 atom stereocenters. The Kier molecular flexibility index (Phi) is 3.50. The van der Waals surface area contributed by atoms with Gasteiger partial charge in [-0.15, -0.1) is 0 Å². The van der Waals surface area contributed by atoms with Gasteiger partial charge in [0.25, 0.3) is 5.91 Å². The molecule has 0 radical (unpaired) electrons. The fourth-order valence-corrected chi connectivity index (χ4v) is 1.97. The van der Waals surface area contributed by atoms with Gasteiger partial charge in [-0.25, -0.2) is 0 Å². The minimum absolute atomic E-state index is 0.0729. The summed E-state index contributed by atoms with van der Waals surface area (Å²) >= 11 is 0. The Morgan fingerprint density at radius 3 is 2.83 bits per heavy atom. The maximum atomic E-state index is 12.1. The molecule has 1 unspecified atom stereocenters. The van der Waals surface area contributed by atoms with E-state index in [9.17, 15) is 9.59 Å². The SMILES string of the molecule is CCC1Oc2ccccc2N(CCC(=O)O)C1=O. The highest BCUT2D eigenvalue weighted by Crippen LogP contribution is 2.34. The number of ether oxygens (including phenoxy) is 1. The van der Waals surface area contributed by atoms with Crippen LogP contribution in [0.4, 0.5) is 5.69 Å². The summed E-state index contributed by atoms with van der Waals surface area (Å²) in [6, 6.07) is 7.19. The Morgan fingerprint density at radius 1 is 1.44 bits per heavy atom. The van der Waals surface area contributed by atoms with E-state index in [1.165, 1.54) is 4.90 Å². The molecule has 5 nitrogen and oxygen atoms in total. The summed E-state index contributed by atoms with van der Waals surface area (Å²) in [4.78, 5) is 24.3. The summed E-state index contributed by atoms with van der Waals surface area (Å²) < 4.78 is 5.59. The molecule has 0 aromatic heterocycles. The predicted octanol–water partition coefficient (Wildman–Crippen LogP) is 1.67. The Bertz CT molecular complexity index is 472. The zero-order valence-electron chi connectivity index (χ0n) is 10.1. The monoisotopic (exact) mass is 249 g/mol. The van der Waals surface area contributed by atoms with Crippen LogP contribution in [-0.2, 0) is 9.59 Å². The van der Waals surface area contributed by atoms with E-state index in [1.54, 1.807) is 18.2 Å². The van der Waals surface area contributed by atoms with E-state index < -0.39 is 12.1 Å². The van der Waals surface area contributed by atoms with E-state index in [1.807, 2.05) is 13.0 Å². The van der Waals surface area contributed by atoms with Gasteiger partial charge in [0.05, 0.1) is 12.1 Å². The number of rotatable bonds is 4. The van der Waals surface area contributed by atoms with Gasteiger partial charge in [-0.1, -0.05) is 19.1 Å². The lowest BCUT2D eigenvalue weighted by atomic mass is 10.1. The fourth-order valence-electron chi connectivity index (χ4n) is 1.97. The number of carboxylic acids is 1. The van der Waals surface area contributed by atoms with Gasteiger partial charge >= 0.3 is 5.97 Å². The van der Waals surface area contributed by atoms with Gasteiger partial charge in [-0.2, -0.15) is 0 Å². The van der Waals surface area contributed by atoms with Crippen molar-refractivity contribution in [3.05, 3.63) is 24.3 Å². The maximum absolute atomic E-state index is 12.1. The Balaban J connectivity index is 2.29. The van der Waals surface area contributed by atoms with Crippen molar-refractivity contribution in [1.29, 1.82) is 0 Å². The topological polar surface area (TPSA) is 66.8 Å². The molecular weight excluding hydrogens is 234 g/mol. The number of anilines is 1. The van der Waals surface area contributed by atoms with E-state index in [0.717, 1.165) is 0 Å². The number of fused-ring (bicyclic) bond motifs is 1. The Labute approximate surface area is 105 Å². The molecule has 18 heavy (non-hydrogen) atoms. The molecule has 0 aliphatic carbocycles. The molecular formula is C13H15NO4. The third-order valence-electron chi connectivity index (χ3n) is 2.89. The molecule has 1 aliphatic heterocycles. The van der Waals surface area contributed by atoms with Crippen molar-refractivity contribution in [3.8, 4) is 5.75 Å². The number of nitrogens with zero attached hydrogens (tertiary/aromatic N) is 1. The smallest absolute Gasteiger partial charge is 0.305 e. The van der Waals surface area contributed by atoms with Crippen molar-refractivity contribution in [2.75, 3.05) is 11.4 Å². The second-order valence-electron chi connectivity index (χ2n) is 4.12. The number of hydrogen-bond acceptors (Lipinski definition) is 3. The zero-order chi connectivity index (χ0) is 13.1. The van der Waals surface area contributed by atoms with Crippen molar-refractivity contribution < 1.29 is 19.4 Å². The van der Waals surface area contributed by atoms with Crippen LogP contribution < -0.4 is 9.64 Å². The molecule has 1 amide bonds. The van der Waals surface area contributed by atoms with Crippen LogP contribution in [0.5, 0.6) is 5.75 Å². The fraction of sp³-hybridized carbons (Fsp3) is 0.385. The molecule has 0 bridgehead atoms. The number of para-hydroxylation sites is 2. The standard InChI is InChI=1S/C13H15NO4/c1-2-10-13(17)14(8-7-12(15)16)9-5-3-4-6-11(9)18-10/h3-6,10H,2,7-8H2,1H3,(H,15,16). The highest BCUT2D eigenvalue weighted by Gasteiger charge is 2.32. The molecule has 1 aromatic rings. The summed E-state index contributed by atoms with van der Waals surface area (Å²) in [5.74, 6) is -0.452. The average Bonchev–Trinajstić information content (AvgIpc) is 2.36. The van der Waals surface area contributed by atoms with Gasteiger partial charge in [-0.3, -0.25) is 9.59 Å². The highest BCUT2D eigenvalue weighted by molar-refractivity contribution is 6.00. The van der Waals surface area contributed by atoms with Gasteiger partial charge < -0.3 is 14.7 Å². The van der Waals surface area contributed by atoms with E-state index in [2.05, 4.69) is 0 Å². The lowest BCUT2D eigenvalue weighted by molar-refractivity contribution is -0.136. The predicted molar refractivity (Wildman–Crippen MR) is 65.8 cm³/mol. The van der Waals surface area contributed by atoms with Gasteiger partial charge in [0.15, 0.2) is 6.10 Å². The zero-order valence-corrected chi connectivity index (χ0v) is 10.1. The summed E-state index contributed by atoms with van der Waals surface area (Å²) in [5, 5.41) is 8.73. The molecule has 96 valence electrons. The van der Waals surface area contributed by atoms with Crippen molar-refractivity contribution in [2.24, 2.45) is 0 Å². The van der Waals surface area contributed by atoms with Crippen molar-refractivity contribution in [2.45, 2.75) is 25.9 Å². The normalized spacial score (nSPS) is 18.2. The van der Waals surface area contributed by atoms with Crippen molar-refractivity contribution >= 4 is 17.6 Å². The van der Waals surface area contributed by atoms with Crippen LogP contribution in [0.15, 0.2) is 24.3 Å². The number of carbonyl (C=O) groups excluding carboxylic acids is 1. The number of aliphatic carboxylic acids is 1. The summed E-state index contributed by atoms with van der Waals surface area (Å²) in [7, 11) is 0. The van der Waals surface area contributed by atoms with Crippen LogP contribution in [0.2, 0.25) is 0 Å². The summed E-state index contributed by atoms with van der Waals surface area (Å²) in [5.41, 5.74) is 0.647. The van der Waals surface area contributed by atoms with Gasteiger partial charge in [-0.05, 0) is 18.6 Å².